The molecule has 0 saturated heterocycles. The van der Waals surface area contributed by atoms with Gasteiger partial charge in [0.25, 0.3) is 0 Å². The Morgan fingerprint density at radius 3 is 2.57 bits per heavy atom. The fourth-order valence-corrected chi connectivity index (χ4v) is 1.65. The van der Waals surface area contributed by atoms with E-state index in [4.69, 9.17) is 16.1 Å². The number of aromatic nitrogens is 1. The Labute approximate surface area is 87.5 Å². The lowest BCUT2D eigenvalue weighted by Crippen LogP contribution is -2.24. The van der Waals surface area contributed by atoms with Gasteiger partial charge >= 0.3 is 0 Å². The number of alkyl halides is 1. The fourth-order valence-electron chi connectivity index (χ4n) is 0.975. The van der Waals surface area contributed by atoms with Crippen LogP contribution in [0.5, 0.6) is 0 Å². The highest BCUT2D eigenvalue weighted by atomic mass is 35.5. The molecule has 0 unspecified atom stereocenters. The predicted molar refractivity (Wildman–Crippen MR) is 52.5 cm³/mol. The number of nitrogens with one attached hydrogen (secondary N) is 1. The van der Waals surface area contributed by atoms with Crippen LogP contribution in [-0.2, 0) is 16.6 Å². The number of nitrogens with zero attached hydrogens (tertiary/aromatic N) is 1. The molecule has 0 aromatic carbocycles. The molecule has 1 heterocycles. The monoisotopic (exact) mass is 238 g/mol. The van der Waals surface area contributed by atoms with Crippen molar-refractivity contribution in [1.29, 1.82) is 0 Å². The minimum absolute atomic E-state index is 0.163. The first kappa shape index (κ1) is 11.5. The van der Waals surface area contributed by atoms with Crippen molar-refractivity contribution in [2.24, 2.45) is 0 Å². The van der Waals surface area contributed by atoms with Crippen LogP contribution in [0.2, 0.25) is 0 Å². The van der Waals surface area contributed by atoms with E-state index in [2.05, 4.69) is 9.88 Å². The molecular weight excluding hydrogens is 228 g/mol. The number of aryl methyl sites for hydroxylation is 2. The number of halogens is 1. The quantitative estimate of drug-likeness (QED) is 0.792. The van der Waals surface area contributed by atoms with Gasteiger partial charge in [0, 0.05) is 12.1 Å². The summed E-state index contributed by atoms with van der Waals surface area (Å²) in [5, 5.41) is 3.25. The molecule has 0 radical (unpaired) electrons. The summed E-state index contributed by atoms with van der Waals surface area (Å²) in [5.74, 6) is 0.611. The van der Waals surface area contributed by atoms with Crippen LogP contribution in [0.4, 0.5) is 0 Å². The third kappa shape index (κ3) is 2.70. The second-order valence-corrected chi connectivity index (χ2v) is 5.24. The molecule has 1 aromatic rings. The molecule has 0 aliphatic heterocycles. The largest absolute Gasteiger partial charge is 0.361 e. The van der Waals surface area contributed by atoms with Gasteiger partial charge in [0.15, 0.2) is 0 Å². The zero-order valence-corrected chi connectivity index (χ0v) is 9.44. The summed E-state index contributed by atoms with van der Waals surface area (Å²) in [6, 6.07) is 0. The molecule has 0 saturated carbocycles. The standard InChI is InChI=1S/C7H11ClN2O3S/c1-5-7(6(2)13-10-5)3-9-14(11,12)4-8/h9H,3-4H2,1-2H3. The lowest BCUT2D eigenvalue weighted by Gasteiger charge is -2.02. The minimum Gasteiger partial charge on any atom is -0.361 e. The second kappa shape index (κ2) is 4.29. The smallest absolute Gasteiger partial charge is 0.225 e. The topological polar surface area (TPSA) is 72.2 Å². The summed E-state index contributed by atoms with van der Waals surface area (Å²) in [6.07, 6.45) is 0. The zero-order valence-electron chi connectivity index (χ0n) is 7.87. The van der Waals surface area contributed by atoms with Crippen LogP contribution in [0.3, 0.4) is 0 Å². The van der Waals surface area contributed by atoms with Crippen molar-refractivity contribution in [3.63, 3.8) is 0 Å². The maximum Gasteiger partial charge on any atom is 0.225 e. The Balaban J connectivity index is 2.72. The van der Waals surface area contributed by atoms with E-state index >= 15 is 0 Å². The van der Waals surface area contributed by atoms with Gasteiger partial charge in [-0.2, -0.15) is 0 Å². The summed E-state index contributed by atoms with van der Waals surface area (Å²) in [5.41, 5.74) is 1.43. The average Bonchev–Trinajstić information content (AvgIpc) is 2.44. The molecule has 0 spiro atoms. The van der Waals surface area contributed by atoms with Crippen molar-refractivity contribution in [3.8, 4) is 0 Å². The van der Waals surface area contributed by atoms with Gasteiger partial charge in [-0.25, -0.2) is 13.1 Å². The van der Waals surface area contributed by atoms with Crippen molar-refractivity contribution >= 4 is 21.6 Å². The number of rotatable bonds is 4. The van der Waals surface area contributed by atoms with Gasteiger partial charge in [-0.05, 0) is 13.8 Å². The van der Waals surface area contributed by atoms with Crippen LogP contribution in [0.25, 0.3) is 0 Å². The minimum atomic E-state index is -3.38. The van der Waals surface area contributed by atoms with E-state index in [1.165, 1.54) is 0 Å². The third-order valence-corrected chi connectivity index (χ3v) is 3.53. The van der Waals surface area contributed by atoms with Crippen LogP contribution in [-0.4, -0.2) is 18.8 Å². The molecular formula is C7H11ClN2O3S. The summed E-state index contributed by atoms with van der Waals surface area (Å²) in [6.45, 7) is 3.64. The van der Waals surface area contributed by atoms with E-state index in [9.17, 15) is 8.42 Å². The van der Waals surface area contributed by atoms with Crippen molar-refractivity contribution in [1.82, 2.24) is 9.88 Å². The molecule has 5 nitrogen and oxygen atoms in total. The fraction of sp³-hybridized carbons (Fsp3) is 0.571. The SMILES string of the molecule is Cc1noc(C)c1CNS(=O)(=O)CCl. The first-order chi connectivity index (χ1) is 6.46. The Kier molecular flexibility index (Phi) is 3.52. The molecule has 0 atom stereocenters. The summed E-state index contributed by atoms with van der Waals surface area (Å²) in [4.78, 5) is 0. The van der Waals surface area contributed by atoms with Gasteiger partial charge in [0.05, 0.1) is 5.69 Å². The Bertz CT molecular complexity index is 393. The van der Waals surface area contributed by atoms with E-state index < -0.39 is 15.2 Å². The number of hydrogen-bond donors (Lipinski definition) is 1. The van der Waals surface area contributed by atoms with Crippen LogP contribution in [0.15, 0.2) is 4.52 Å². The molecule has 1 aromatic heterocycles. The van der Waals surface area contributed by atoms with Crippen molar-refractivity contribution < 1.29 is 12.9 Å². The van der Waals surface area contributed by atoms with E-state index in [-0.39, 0.29) is 6.54 Å². The van der Waals surface area contributed by atoms with Gasteiger partial charge in [0.1, 0.15) is 11.0 Å². The van der Waals surface area contributed by atoms with Crippen molar-refractivity contribution in [2.75, 3.05) is 5.21 Å². The highest BCUT2D eigenvalue weighted by Crippen LogP contribution is 2.11. The molecule has 80 valence electrons. The maximum absolute atomic E-state index is 11.0. The summed E-state index contributed by atoms with van der Waals surface area (Å²) in [7, 11) is -3.38. The molecule has 0 aliphatic carbocycles. The van der Waals surface area contributed by atoms with Gasteiger partial charge < -0.3 is 4.52 Å². The summed E-state index contributed by atoms with van der Waals surface area (Å²) >= 11 is 5.22. The normalized spacial score (nSPS) is 11.9. The molecule has 1 N–H and O–H groups in total. The first-order valence-corrected chi connectivity index (χ1v) is 6.10. The molecule has 14 heavy (non-hydrogen) atoms. The molecule has 7 heteroatoms. The van der Waals surface area contributed by atoms with E-state index in [0.717, 1.165) is 5.56 Å². The molecule has 0 amide bonds. The molecule has 1 rings (SSSR count). The Hall–Kier alpha value is -0.590. The third-order valence-electron chi connectivity index (χ3n) is 1.79. The van der Waals surface area contributed by atoms with Gasteiger partial charge in [0.2, 0.25) is 10.0 Å². The van der Waals surface area contributed by atoms with Crippen molar-refractivity contribution in [2.45, 2.75) is 20.4 Å². The van der Waals surface area contributed by atoms with Crippen LogP contribution in [0, 0.1) is 13.8 Å². The van der Waals surface area contributed by atoms with Crippen LogP contribution < -0.4 is 4.72 Å². The van der Waals surface area contributed by atoms with Gasteiger partial charge in [-0.1, -0.05) is 5.16 Å². The number of hydrogen-bond acceptors (Lipinski definition) is 4. The van der Waals surface area contributed by atoms with Crippen molar-refractivity contribution in [3.05, 3.63) is 17.0 Å². The first-order valence-electron chi connectivity index (χ1n) is 3.91. The average molecular weight is 239 g/mol. The van der Waals surface area contributed by atoms with Gasteiger partial charge in [-0.3, -0.25) is 0 Å². The lowest BCUT2D eigenvalue weighted by atomic mass is 10.2. The molecule has 0 fully saturated rings. The Morgan fingerprint density at radius 1 is 1.50 bits per heavy atom. The Morgan fingerprint density at radius 2 is 2.14 bits per heavy atom. The van der Waals surface area contributed by atoms with E-state index in [0.29, 0.717) is 11.5 Å². The lowest BCUT2D eigenvalue weighted by molar-refractivity contribution is 0.392. The highest BCUT2D eigenvalue weighted by Gasteiger charge is 2.12. The van der Waals surface area contributed by atoms with Crippen LogP contribution in [0.1, 0.15) is 17.0 Å². The maximum atomic E-state index is 11.0. The van der Waals surface area contributed by atoms with E-state index in [1.54, 1.807) is 13.8 Å². The highest BCUT2D eigenvalue weighted by molar-refractivity contribution is 7.90. The van der Waals surface area contributed by atoms with Gasteiger partial charge in [-0.15, -0.1) is 11.6 Å². The van der Waals surface area contributed by atoms with Crippen LogP contribution >= 0.6 is 11.6 Å². The summed E-state index contributed by atoms with van der Waals surface area (Å²) < 4.78 is 29.3. The van der Waals surface area contributed by atoms with E-state index in [1.807, 2.05) is 0 Å². The molecule has 0 aliphatic rings. The second-order valence-electron chi connectivity index (χ2n) is 2.85. The number of sulfonamides is 1. The predicted octanol–water partition coefficient (Wildman–Crippen LogP) is 0.907. The molecule has 0 bridgehead atoms. The zero-order chi connectivity index (χ0) is 10.8.